The molecule has 0 N–H and O–H groups in total. The molecule has 0 unspecified atom stereocenters. The van der Waals surface area contributed by atoms with Gasteiger partial charge in [-0.3, -0.25) is 9.36 Å². The van der Waals surface area contributed by atoms with Crippen molar-refractivity contribution >= 4 is 16.8 Å². The number of rotatable bonds is 3. The maximum absolute atomic E-state index is 14.9. The zero-order chi connectivity index (χ0) is 20.0. The molecule has 0 bridgehead atoms. The molecule has 29 heavy (non-hydrogen) atoms. The third kappa shape index (κ3) is 2.94. The molecule has 1 aromatic carbocycles. The van der Waals surface area contributed by atoms with Crippen LogP contribution in [0.1, 0.15) is 5.56 Å². The molecule has 0 saturated heterocycles. The summed E-state index contributed by atoms with van der Waals surface area (Å²) in [6.45, 7) is -0.284. The Labute approximate surface area is 162 Å². The Hall–Kier alpha value is -3.94. The monoisotopic (exact) mass is 389 g/mol. The normalized spacial score (nSPS) is 11.4. The topological polar surface area (TPSA) is 65.1 Å². The van der Waals surface area contributed by atoms with Gasteiger partial charge in [-0.25, -0.2) is 23.7 Å². The highest BCUT2D eigenvalue weighted by Crippen LogP contribution is 2.25. The van der Waals surface area contributed by atoms with Crippen LogP contribution in [0.4, 0.5) is 8.78 Å². The fraction of sp³-hybridized carbons (Fsp3) is 0.0476. The number of nitrogens with zero attached hydrogens (tertiary/aromatic N) is 5. The van der Waals surface area contributed by atoms with E-state index in [1.54, 1.807) is 47.3 Å². The van der Waals surface area contributed by atoms with E-state index < -0.39 is 17.2 Å². The lowest BCUT2D eigenvalue weighted by Crippen LogP contribution is -2.23. The lowest BCUT2D eigenvalue weighted by molar-refractivity contribution is 0.544. The van der Waals surface area contributed by atoms with Crippen LogP contribution in [-0.2, 0) is 6.54 Å². The first-order chi connectivity index (χ1) is 14.1. The number of benzene rings is 1. The van der Waals surface area contributed by atoms with Crippen LogP contribution in [0.2, 0.25) is 0 Å². The smallest absolute Gasteiger partial charge is 0.270 e. The summed E-state index contributed by atoms with van der Waals surface area (Å²) in [7, 11) is 0. The van der Waals surface area contributed by atoms with Crippen LogP contribution < -0.4 is 5.56 Å². The van der Waals surface area contributed by atoms with Gasteiger partial charge in [-0.15, -0.1) is 0 Å². The summed E-state index contributed by atoms with van der Waals surface area (Å²) in [5.74, 6) is -1.47. The molecule has 4 aromatic heterocycles. The number of pyridine rings is 2. The molecule has 0 fully saturated rings. The van der Waals surface area contributed by atoms with Crippen LogP contribution in [0.5, 0.6) is 0 Å². The number of halogens is 2. The molecule has 0 aliphatic heterocycles. The van der Waals surface area contributed by atoms with Gasteiger partial charge in [-0.1, -0.05) is 0 Å². The van der Waals surface area contributed by atoms with Crippen LogP contribution in [0.15, 0.2) is 72.2 Å². The van der Waals surface area contributed by atoms with Crippen LogP contribution in [0, 0.1) is 11.6 Å². The summed E-state index contributed by atoms with van der Waals surface area (Å²) in [4.78, 5) is 24.6. The van der Waals surface area contributed by atoms with Crippen molar-refractivity contribution in [2.45, 2.75) is 6.54 Å². The van der Waals surface area contributed by atoms with Gasteiger partial charge in [0.1, 0.15) is 22.8 Å². The summed E-state index contributed by atoms with van der Waals surface area (Å²) in [6, 6.07) is 9.41. The molecular weight excluding hydrogens is 376 g/mol. The highest BCUT2D eigenvalue weighted by atomic mass is 19.1. The van der Waals surface area contributed by atoms with Gasteiger partial charge in [0.25, 0.3) is 5.56 Å². The van der Waals surface area contributed by atoms with Gasteiger partial charge >= 0.3 is 0 Å². The SMILES string of the molecule is O=c1cnc2cccnc2n1Cc1c(F)cc(-c2ccc3nccn3c2)cc1F. The van der Waals surface area contributed by atoms with E-state index in [0.29, 0.717) is 16.6 Å². The quantitative estimate of drug-likeness (QED) is 0.474. The number of hydrogen-bond donors (Lipinski definition) is 0. The number of aromatic nitrogens is 5. The molecule has 0 aliphatic carbocycles. The van der Waals surface area contributed by atoms with Crippen molar-refractivity contribution < 1.29 is 8.78 Å². The average molecular weight is 389 g/mol. The van der Waals surface area contributed by atoms with Crippen molar-refractivity contribution in [1.82, 2.24) is 23.9 Å². The molecule has 0 atom stereocenters. The van der Waals surface area contributed by atoms with E-state index in [9.17, 15) is 13.6 Å². The Kier molecular flexibility index (Phi) is 3.90. The molecule has 8 heteroatoms. The first-order valence-corrected chi connectivity index (χ1v) is 8.82. The van der Waals surface area contributed by atoms with Gasteiger partial charge in [-0.05, 0) is 47.5 Å². The molecule has 5 aromatic rings. The van der Waals surface area contributed by atoms with Crippen molar-refractivity contribution in [2.75, 3.05) is 0 Å². The second-order valence-corrected chi connectivity index (χ2v) is 6.56. The molecule has 0 aliphatic rings. The van der Waals surface area contributed by atoms with Crippen LogP contribution in [0.25, 0.3) is 27.9 Å². The lowest BCUT2D eigenvalue weighted by Gasteiger charge is -2.12. The minimum Gasteiger partial charge on any atom is -0.306 e. The molecule has 0 spiro atoms. The second-order valence-electron chi connectivity index (χ2n) is 6.56. The molecule has 0 saturated carbocycles. The Morgan fingerprint density at radius 3 is 2.59 bits per heavy atom. The summed E-state index contributed by atoms with van der Waals surface area (Å²) >= 11 is 0. The third-order valence-corrected chi connectivity index (χ3v) is 4.78. The minimum absolute atomic E-state index is 0.210. The maximum atomic E-state index is 14.9. The highest BCUT2D eigenvalue weighted by Gasteiger charge is 2.16. The second kappa shape index (κ2) is 6.59. The Morgan fingerprint density at radius 2 is 1.76 bits per heavy atom. The standard InChI is InChI=1S/C21H13F2N5O/c22-16-8-14(13-3-4-19-24-6-7-27(19)11-13)9-17(23)15(16)12-28-20(29)10-26-18-2-1-5-25-21(18)28/h1-11H,12H2. The van der Waals surface area contributed by atoms with Crippen molar-refractivity contribution in [3.05, 3.63) is 94.9 Å². The largest absolute Gasteiger partial charge is 0.306 e. The molecule has 0 radical (unpaired) electrons. The maximum Gasteiger partial charge on any atom is 0.270 e. The highest BCUT2D eigenvalue weighted by molar-refractivity contribution is 5.69. The molecule has 5 rings (SSSR count). The van der Waals surface area contributed by atoms with E-state index in [1.165, 1.54) is 22.9 Å². The van der Waals surface area contributed by atoms with Gasteiger partial charge in [0, 0.05) is 30.4 Å². The molecule has 4 heterocycles. The fourth-order valence-electron chi connectivity index (χ4n) is 3.32. The number of fused-ring (bicyclic) bond motifs is 2. The van der Waals surface area contributed by atoms with E-state index in [-0.39, 0.29) is 17.8 Å². The van der Waals surface area contributed by atoms with Gasteiger partial charge in [0.2, 0.25) is 0 Å². The van der Waals surface area contributed by atoms with Gasteiger partial charge in [0.15, 0.2) is 5.65 Å². The summed E-state index contributed by atoms with van der Waals surface area (Å²) in [5, 5.41) is 0. The van der Waals surface area contributed by atoms with Crippen molar-refractivity contribution in [3.8, 4) is 11.1 Å². The Morgan fingerprint density at radius 1 is 0.931 bits per heavy atom. The third-order valence-electron chi connectivity index (χ3n) is 4.78. The van der Waals surface area contributed by atoms with Crippen LogP contribution >= 0.6 is 0 Å². The van der Waals surface area contributed by atoms with Crippen molar-refractivity contribution in [3.63, 3.8) is 0 Å². The molecule has 6 nitrogen and oxygen atoms in total. The predicted molar refractivity (Wildman–Crippen MR) is 103 cm³/mol. The van der Waals surface area contributed by atoms with Crippen LogP contribution in [-0.4, -0.2) is 23.9 Å². The predicted octanol–water partition coefficient (Wildman–Crippen LogP) is 3.43. The zero-order valence-electron chi connectivity index (χ0n) is 15.0. The van der Waals surface area contributed by atoms with Crippen LogP contribution in [0.3, 0.4) is 0 Å². The number of hydrogen-bond acceptors (Lipinski definition) is 4. The van der Waals surface area contributed by atoms with E-state index >= 15 is 0 Å². The average Bonchev–Trinajstić information content (AvgIpc) is 3.19. The zero-order valence-corrected chi connectivity index (χ0v) is 15.0. The summed E-state index contributed by atoms with van der Waals surface area (Å²) in [6.07, 6.45) is 7.78. The van der Waals surface area contributed by atoms with Crippen molar-refractivity contribution in [1.29, 1.82) is 0 Å². The Bertz CT molecular complexity index is 1420. The van der Waals surface area contributed by atoms with Gasteiger partial charge in [-0.2, -0.15) is 0 Å². The Balaban J connectivity index is 1.59. The van der Waals surface area contributed by atoms with E-state index in [0.717, 1.165) is 11.8 Å². The minimum atomic E-state index is -0.737. The lowest BCUT2D eigenvalue weighted by atomic mass is 10.0. The van der Waals surface area contributed by atoms with E-state index in [2.05, 4.69) is 15.0 Å². The molecule has 0 amide bonds. The molecular formula is C21H13F2N5O. The van der Waals surface area contributed by atoms with Crippen molar-refractivity contribution in [2.24, 2.45) is 0 Å². The number of imidazole rings is 1. The summed E-state index contributed by atoms with van der Waals surface area (Å²) < 4.78 is 32.7. The van der Waals surface area contributed by atoms with E-state index in [1.807, 2.05) is 0 Å². The first kappa shape index (κ1) is 17.2. The van der Waals surface area contributed by atoms with E-state index in [4.69, 9.17) is 0 Å². The fourth-order valence-corrected chi connectivity index (χ4v) is 3.32. The summed E-state index contributed by atoms with van der Waals surface area (Å²) in [5.41, 5.74) is 1.83. The van der Waals surface area contributed by atoms with Gasteiger partial charge < -0.3 is 4.40 Å². The molecule has 142 valence electrons. The van der Waals surface area contributed by atoms with Gasteiger partial charge in [0.05, 0.1) is 12.7 Å². The first-order valence-electron chi connectivity index (χ1n) is 8.82.